The number of aromatic nitrogens is 3. The van der Waals surface area contributed by atoms with Crippen molar-refractivity contribution >= 4 is 22.4 Å². The van der Waals surface area contributed by atoms with Crippen LogP contribution in [0.4, 0.5) is 13.9 Å². The molecule has 0 fully saturated rings. The van der Waals surface area contributed by atoms with E-state index in [-0.39, 0.29) is 17.7 Å². The highest BCUT2D eigenvalue weighted by Crippen LogP contribution is 2.31. The molecule has 0 bridgehead atoms. The van der Waals surface area contributed by atoms with Crippen LogP contribution in [0.15, 0.2) is 36.5 Å². The number of amides is 1. The van der Waals surface area contributed by atoms with Gasteiger partial charge in [0.25, 0.3) is 5.91 Å². The molecule has 2 aromatic heterocycles. The van der Waals surface area contributed by atoms with E-state index in [1.807, 2.05) is 20.8 Å². The van der Waals surface area contributed by atoms with Crippen LogP contribution in [0.25, 0.3) is 11.3 Å². The molecule has 0 radical (unpaired) electrons. The molecule has 0 atom stereocenters. The number of carbonyl (C=O) groups excluding carboxylic acids is 1. The molecule has 0 saturated carbocycles. The molecule has 0 unspecified atom stereocenters. The minimum Gasteiger partial charge on any atom is -0.435 e. The number of thiazole rings is 1. The number of hydrogen-bond donors (Lipinski definition) is 1. The van der Waals surface area contributed by atoms with Gasteiger partial charge in [-0.25, -0.2) is 4.98 Å². The van der Waals surface area contributed by atoms with Crippen LogP contribution >= 0.6 is 11.3 Å². The number of rotatable bonds is 6. The van der Waals surface area contributed by atoms with Gasteiger partial charge in [-0.2, -0.15) is 13.9 Å². The number of anilines is 1. The lowest BCUT2D eigenvalue weighted by atomic mass is 10.1. The maximum absolute atomic E-state index is 12.5. The Kier molecular flexibility index (Phi) is 5.50. The van der Waals surface area contributed by atoms with Crippen molar-refractivity contribution in [3.8, 4) is 17.0 Å². The molecule has 9 heteroatoms. The van der Waals surface area contributed by atoms with Crippen molar-refractivity contribution in [3.05, 3.63) is 47.1 Å². The Hall–Kier alpha value is -2.81. The molecule has 142 valence electrons. The summed E-state index contributed by atoms with van der Waals surface area (Å²) in [7, 11) is 0. The summed E-state index contributed by atoms with van der Waals surface area (Å²) in [5, 5.41) is 7.40. The number of nitrogens with one attached hydrogen (secondary N) is 1. The highest BCUT2D eigenvalue weighted by atomic mass is 32.1. The Morgan fingerprint density at radius 2 is 1.93 bits per heavy atom. The molecule has 0 spiro atoms. The first kappa shape index (κ1) is 19.0. The number of ether oxygens (including phenoxy) is 1. The smallest absolute Gasteiger partial charge is 0.387 e. The lowest BCUT2D eigenvalue weighted by Gasteiger charge is -2.09. The average Bonchev–Trinajstić information content (AvgIpc) is 3.22. The van der Waals surface area contributed by atoms with E-state index in [4.69, 9.17) is 0 Å². The average molecular weight is 392 g/mol. The molecule has 27 heavy (non-hydrogen) atoms. The Bertz CT molecular complexity index is 935. The van der Waals surface area contributed by atoms with Gasteiger partial charge in [0, 0.05) is 22.7 Å². The molecule has 3 aromatic rings. The standard InChI is InChI=1S/C18H18F2N4O2S/c1-10(2)24-14(8-9-21-24)16(25)23-18-22-15(11(3)27-18)12-4-6-13(7-5-12)26-17(19)20/h4-10,17H,1-3H3,(H,22,23,25). The van der Waals surface area contributed by atoms with E-state index in [0.29, 0.717) is 16.5 Å². The largest absolute Gasteiger partial charge is 0.435 e. The van der Waals surface area contributed by atoms with Crippen LogP contribution in [-0.4, -0.2) is 27.3 Å². The molecule has 1 N–H and O–H groups in total. The highest BCUT2D eigenvalue weighted by Gasteiger charge is 2.17. The molecule has 3 rings (SSSR count). The van der Waals surface area contributed by atoms with Crippen molar-refractivity contribution in [2.75, 3.05) is 5.32 Å². The van der Waals surface area contributed by atoms with Crippen molar-refractivity contribution in [2.45, 2.75) is 33.4 Å². The van der Waals surface area contributed by atoms with Crippen molar-refractivity contribution in [2.24, 2.45) is 0 Å². The van der Waals surface area contributed by atoms with Gasteiger partial charge < -0.3 is 4.74 Å². The predicted octanol–water partition coefficient (Wildman–Crippen LogP) is 4.75. The van der Waals surface area contributed by atoms with Gasteiger partial charge in [-0.05, 0) is 51.1 Å². The summed E-state index contributed by atoms with van der Waals surface area (Å²) in [6.07, 6.45) is 1.58. The third kappa shape index (κ3) is 4.30. The van der Waals surface area contributed by atoms with Crippen LogP contribution in [0.1, 0.15) is 35.3 Å². The van der Waals surface area contributed by atoms with Gasteiger partial charge in [0.05, 0.1) is 5.69 Å². The van der Waals surface area contributed by atoms with Crippen LogP contribution in [0.3, 0.4) is 0 Å². The Morgan fingerprint density at radius 1 is 1.22 bits per heavy atom. The van der Waals surface area contributed by atoms with Crippen molar-refractivity contribution in [3.63, 3.8) is 0 Å². The molecule has 6 nitrogen and oxygen atoms in total. The summed E-state index contributed by atoms with van der Waals surface area (Å²) < 4.78 is 30.5. The minimum atomic E-state index is -2.86. The fourth-order valence-electron chi connectivity index (χ4n) is 2.58. The van der Waals surface area contributed by atoms with Crippen molar-refractivity contribution in [1.82, 2.24) is 14.8 Å². The molecule has 1 amide bonds. The van der Waals surface area contributed by atoms with Gasteiger partial charge in [-0.1, -0.05) is 0 Å². The topological polar surface area (TPSA) is 69.0 Å². The second-order valence-electron chi connectivity index (χ2n) is 6.04. The molecule has 0 aliphatic carbocycles. The van der Waals surface area contributed by atoms with Gasteiger partial charge in [0.2, 0.25) is 0 Å². The first-order valence-electron chi connectivity index (χ1n) is 8.22. The Labute approximate surface area is 158 Å². The fraction of sp³-hybridized carbons (Fsp3) is 0.278. The van der Waals surface area contributed by atoms with E-state index in [0.717, 1.165) is 10.4 Å². The number of halogens is 2. The molecule has 0 aliphatic heterocycles. The summed E-state index contributed by atoms with van der Waals surface area (Å²) >= 11 is 1.34. The monoisotopic (exact) mass is 392 g/mol. The number of alkyl halides is 2. The molecule has 0 aliphatic rings. The zero-order valence-electron chi connectivity index (χ0n) is 14.9. The summed E-state index contributed by atoms with van der Waals surface area (Å²) in [5.74, 6) is -0.209. The SMILES string of the molecule is Cc1sc(NC(=O)c2ccnn2C(C)C)nc1-c1ccc(OC(F)F)cc1. The Balaban J connectivity index is 1.78. The predicted molar refractivity (Wildman–Crippen MR) is 99.5 cm³/mol. The highest BCUT2D eigenvalue weighted by molar-refractivity contribution is 7.16. The van der Waals surface area contributed by atoms with E-state index in [1.54, 1.807) is 29.1 Å². The number of nitrogens with zero attached hydrogens (tertiary/aromatic N) is 3. The lowest BCUT2D eigenvalue weighted by molar-refractivity contribution is -0.0498. The lowest BCUT2D eigenvalue weighted by Crippen LogP contribution is -2.18. The van der Waals surface area contributed by atoms with E-state index in [1.165, 1.54) is 23.5 Å². The summed E-state index contributed by atoms with van der Waals surface area (Å²) in [6.45, 7) is 2.90. The van der Waals surface area contributed by atoms with Crippen LogP contribution in [0.5, 0.6) is 5.75 Å². The Morgan fingerprint density at radius 3 is 2.56 bits per heavy atom. The number of carbonyl (C=O) groups is 1. The van der Waals surface area contributed by atoms with E-state index in [2.05, 4.69) is 20.1 Å². The normalized spacial score (nSPS) is 11.2. The first-order valence-corrected chi connectivity index (χ1v) is 9.04. The van der Waals surface area contributed by atoms with E-state index < -0.39 is 6.61 Å². The maximum atomic E-state index is 12.5. The van der Waals surface area contributed by atoms with Gasteiger partial charge in [0.15, 0.2) is 5.13 Å². The van der Waals surface area contributed by atoms with Gasteiger partial charge >= 0.3 is 6.61 Å². The van der Waals surface area contributed by atoms with Gasteiger partial charge in [-0.3, -0.25) is 14.8 Å². The fourth-order valence-corrected chi connectivity index (χ4v) is 3.41. The van der Waals surface area contributed by atoms with Gasteiger partial charge in [0.1, 0.15) is 11.4 Å². The summed E-state index contributed by atoms with van der Waals surface area (Å²) in [5.41, 5.74) is 1.88. The number of aryl methyl sites for hydroxylation is 1. The molecule has 1 aromatic carbocycles. The van der Waals surface area contributed by atoms with Crippen LogP contribution < -0.4 is 10.1 Å². The van der Waals surface area contributed by atoms with Gasteiger partial charge in [-0.15, -0.1) is 11.3 Å². The van der Waals surface area contributed by atoms with Crippen LogP contribution in [0, 0.1) is 6.92 Å². The molecular weight excluding hydrogens is 374 g/mol. The number of hydrogen-bond acceptors (Lipinski definition) is 5. The van der Waals surface area contributed by atoms with Crippen molar-refractivity contribution in [1.29, 1.82) is 0 Å². The third-order valence-electron chi connectivity index (χ3n) is 3.76. The summed E-state index contributed by atoms with van der Waals surface area (Å²) in [6, 6.07) is 7.93. The molecule has 0 saturated heterocycles. The minimum absolute atomic E-state index is 0.0586. The molecule has 2 heterocycles. The van der Waals surface area contributed by atoms with Crippen LogP contribution in [-0.2, 0) is 0 Å². The van der Waals surface area contributed by atoms with Crippen molar-refractivity contribution < 1.29 is 18.3 Å². The quantitative estimate of drug-likeness (QED) is 0.657. The van der Waals surface area contributed by atoms with E-state index >= 15 is 0 Å². The van der Waals surface area contributed by atoms with Crippen LogP contribution in [0.2, 0.25) is 0 Å². The first-order chi connectivity index (χ1) is 12.8. The molecular formula is C18H18F2N4O2S. The maximum Gasteiger partial charge on any atom is 0.387 e. The second kappa shape index (κ2) is 7.83. The zero-order valence-corrected chi connectivity index (χ0v) is 15.8. The third-order valence-corrected chi connectivity index (χ3v) is 4.65. The summed E-state index contributed by atoms with van der Waals surface area (Å²) in [4.78, 5) is 17.9. The van der Waals surface area contributed by atoms with E-state index in [9.17, 15) is 13.6 Å². The second-order valence-corrected chi connectivity index (χ2v) is 7.24. The number of benzene rings is 1. The zero-order chi connectivity index (χ0) is 19.6.